The monoisotopic (exact) mass is 239 g/mol. The van der Waals surface area contributed by atoms with Gasteiger partial charge >= 0.3 is 0 Å². The summed E-state index contributed by atoms with van der Waals surface area (Å²) < 4.78 is 11.2. The van der Waals surface area contributed by atoms with Crippen LogP contribution in [0.3, 0.4) is 0 Å². The molecule has 2 heterocycles. The minimum absolute atomic E-state index is 0.121. The van der Waals surface area contributed by atoms with E-state index in [4.69, 9.17) is 9.15 Å². The molecule has 1 N–H and O–H groups in total. The minimum atomic E-state index is 0.121. The number of ether oxygens (including phenoxy) is 1. The van der Waals surface area contributed by atoms with E-state index >= 15 is 0 Å². The highest BCUT2D eigenvalue weighted by molar-refractivity contribution is 4.97. The number of rotatable bonds is 5. The minimum Gasteiger partial charge on any atom is -0.423 e. The molecule has 1 fully saturated rings. The lowest BCUT2D eigenvalue weighted by atomic mass is 10.1. The van der Waals surface area contributed by atoms with Crippen molar-refractivity contribution < 1.29 is 9.15 Å². The van der Waals surface area contributed by atoms with E-state index in [1.165, 1.54) is 0 Å². The fourth-order valence-electron chi connectivity index (χ4n) is 2.02. The van der Waals surface area contributed by atoms with E-state index in [0.29, 0.717) is 18.6 Å². The second-order valence-electron chi connectivity index (χ2n) is 4.73. The van der Waals surface area contributed by atoms with Crippen LogP contribution in [0.2, 0.25) is 0 Å². The third-order valence-corrected chi connectivity index (χ3v) is 3.07. The Morgan fingerprint density at radius 3 is 2.94 bits per heavy atom. The van der Waals surface area contributed by atoms with Crippen LogP contribution in [0.5, 0.6) is 0 Å². The molecule has 3 atom stereocenters. The third kappa shape index (κ3) is 3.04. The van der Waals surface area contributed by atoms with Gasteiger partial charge in [-0.2, -0.15) is 0 Å². The van der Waals surface area contributed by atoms with Crippen LogP contribution in [0.25, 0.3) is 0 Å². The molecule has 5 nitrogen and oxygen atoms in total. The number of nitrogens with one attached hydrogen (secondary N) is 1. The molecule has 0 bridgehead atoms. The van der Waals surface area contributed by atoms with E-state index < -0.39 is 0 Å². The molecule has 5 heteroatoms. The van der Waals surface area contributed by atoms with Crippen LogP contribution in [-0.4, -0.2) is 29.5 Å². The van der Waals surface area contributed by atoms with Gasteiger partial charge in [-0.1, -0.05) is 6.92 Å². The molecule has 3 unspecified atom stereocenters. The van der Waals surface area contributed by atoms with E-state index in [-0.39, 0.29) is 12.0 Å². The van der Waals surface area contributed by atoms with Crippen LogP contribution in [0, 0.1) is 0 Å². The first-order chi connectivity index (χ1) is 8.20. The van der Waals surface area contributed by atoms with Gasteiger partial charge in [-0.15, -0.1) is 10.2 Å². The number of hydrogen-bond acceptors (Lipinski definition) is 5. The lowest BCUT2D eigenvalue weighted by Crippen LogP contribution is -2.19. The fraction of sp³-hybridized carbons (Fsp3) is 0.833. The Bertz CT molecular complexity index is 353. The molecule has 0 aliphatic carbocycles. The van der Waals surface area contributed by atoms with Crippen LogP contribution in [0.4, 0.5) is 0 Å². The van der Waals surface area contributed by atoms with E-state index in [1.807, 2.05) is 6.92 Å². The van der Waals surface area contributed by atoms with E-state index in [0.717, 1.165) is 25.3 Å². The lowest BCUT2D eigenvalue weighted by molar-refractivity contribution is 0.122. The largest absolute Gasteiger partial charge is 0.423 e. The summed E-state index contributed by atoms with van der Waals surface area (Å²) in [4.78, 5) is 0. The molecule has 2 rings (SSSR count). The van der Waals surface area contributed by atoms with Crippen molar-refractivity contribution in [2.24, 2.45) is 0 Å². The van der Waals surface area contributed by atoms with Gasteiger partial charge in [0.25, 0.3) is 0 Å². The summed E-state index contributed by atoms with van der Waals surface area (Å²) in [5, 5.41) is 11.6. The number of aromatic nitrogens is 2. The van der Waals surface area contributed by atoms with Gasteiger partial charge in [0, 0.05) is 0 Å². The summed E-state index contributed by atoms with van der Waals surface area (Å²) >= 11 is 0. The topological polar surface area (TPSA) is 60.2 Å². The summed E-state index contributed by atoms with van der Waals surface area (Å²) in [7, 11) is 0. The molecule has 0 amide bonds. The predicted octanol–water partition coefficient (Wildman–Crippen LogP) is 2.02. The van der Waals surface area contributed by atoms with Gasteiger partial charge in [-0.3, -0.25) is 0 Å². The first kappa shape index (κ1) is 12.5. The second-order valence-corrected chi connectivity index (χ2v) is 4.73. The van der Waals surface area contributed by atoms with Crippen LogP contribution in [0.15, 0.2) is 4.42 Å². The molecule has 0 radical (unpaired) electrons. The van der Waals surface area contributed by atoms with Crippen LogP contribution in [0.1, 0.15) is 57.4 Å². The Labute approximate surface area is 102 Å². The van der Waals surface area contributed by atoms with Crippen molar-refractivity contribution in [1.82, 2.24) is 15.5 Å². The molecule has 0 saturated carbocycles. The number of hydrogen-bond donors (Lipinski definition) is 1. The summed E-state index contributed by atoms with van der Waals surface area (Å²) in [6.07, 6.45) is 2.36. The highest BCUT2D eigenvalue weighted by Gasteiger charge is 2.28. The van der Waals surface area contributed by atoms with E-state index in [1.54, 1.807) is 0 Å². The maximum atomic E-state index is 5.71. The molecule has 1 aromatic rings. The molecular weight excluding hydrogens is 218 g/mol. The van der Waals surface area contributed by atoms with Crippen molar-refractivity contribution in [2.75, 3.05) is 13.2 Å². The molecule has 1 aliphatic rings. The summed E-state index contributed by atoms with van der Waals surface area (Å²) in [5.74, 6) is 1.66. The van der Waals surface area contributed by atoms with Crippen LogP contribution < -0.4 is 5.32 Å². The molecular formula is C12H21N3O2. The maximum Gasteiger partial charge on any atom is 0.233 e. The average Bonchev–Trinajstić information content (AvgIpc) is 2.93. The van der Waals surface area contributed by atoms with Crippen molar-refractivity contribution in [2.45, 2.75) is 51.7 Å². The van der Waals surface area contributed by atoms with Crippen molar-refractivity contribution in [3.05, 3.63) is 11.8 Å². The molecule has 96 valence electrons. The Morgan fingerprint density at radius 2 is 2.29 bits per heavy atom. The standard InChI is InChI=1S/C12H21N3O2/c1-4-5-13-9(3)11-14-15-12(17-11)10-6-8(2)16-7-10/h8-10,13H,4-7H2,1-3H3. The normalized spacial score (nSPS) is 26.3. The van der Waals surface area contributed by atoms with Gasteiger partial charge in [-0.05, 0) is 33.2 Å². The molecule has 17 heavy (non-hydrogen) atoms. The van der Waals surface area contributed by atoms with Crippen molar-refractivity contribution in [3.63, 3.8) is 0 Å². The quantitative estimate of drug-likeness (QED) is 0.851. The Morgan fingerprint density at radius 1 is 1.47 bits per heavy atom. The molecule has 1 aliphatic heterocycles. The summed E-state index contributed by atoms with van der Waals surface area (Å²) in [5.41, 5.74) is 0. The number of nitrogens with zero attached hydrogens (tertiary/aromatic N) is 2. The van der Waals surface area contributed by atoms with Gasteiger partial charge in [0.1, 0.15) is 0 Å². The molecule has 1 saturated heterocycles. The highest BCUT2D eigenvalue weighted by atomic mass is 16.5. The molecule has 0 spiro atoms. The first-order valence-corrected chi connectivity index (χ1v) is 6.39. The van der Waals surface area contributed by atoms with Crippen molar-refractivity contribution >= 4 is 0 Å². The smallest absolute Gasteiger partial charge is 0.233 e. The second kappa shape index (κ2) is 5.60. The third-order valence-electron chi connectivity index (χ3n) is 3.07. The van der Waals surface area contributed by atoms with Gasteiger partial charge < -0.3 is 14.5 Å². The van der Waals surface area contributed by atoms with Gasteiger partial charge in [-0.25, -0.2) is 0 Å². The zero-order valence-corrected chi connectivity index (χ0v) is 10.8. The zero-order chi connectivity index (χ0) is 12.3. The average molecular weight is 239 g/mol. The highest BCUT2D eigenvalue weighted by Crippen LogP contribution is 2.28. The predicted molar refractivity (Wildman–Crippen MR) is 63.8 cm³/mol. The first-order valence-electron chi connectivity index (χ1n) is 6.39. The molecule has 1 aromatic heterocycles. The maximum absolute atomic E-state index is 5.71. The lowest BCUT2D eigenvalue weighted by Gasteiger charge is -2.07. The van der Waals surface area contributed by atoms with Gasteiger partial charge in [0.15, 0.2) is 0 Å². The van der Waals surface area contributed by atoms with E-state index in [2.05, 4.69) is 29.4 Å². The van der Waals surface area contributed by atoms with E-state index in [9.17, 15) is 0 Å². The fourth-order valence-corrected chi connectivity index (χ4v) is 2.02. The SMILES string of the molecule is CCCNC(C)c1nnc(C2COC(C)C2)o1. The summed E-state index contributed by atoms with van der Waals surface area (Å²) in [6.45, 7) is 7.90. The van der Waals surface area contributed by atoms with Gasteiger partial charge in [0.05, 0.1) is 24.7 Å². The zero-order valence-electron chi connectivity index (χ0n) is 10.8. The Hall–Kier alpha value is -0.940. The summed E-state index contributed by atoms with van der Waals surface area (Å²) in [6, 6.07) is 0.121. The van der Waals surface area contributed by atoms with Crippen LogP contribution in [-0.2, 0) is 4.74 Å². The van der Waals surface area contributed by atoms with Crippen LogP contribution >= 0.6 is 0 Å². The van der Waals surface area contributed by atoms with Gasteiger partial charge in [0.2, 0.25) is 11.8 Å². The Balaban J connectivity index is 1.95. The van der Waals surface area contributed by atoms with Crippen molar-refractivity contribution in [1.29, 1.82) is 0 Å². The Kier molecular flexibility index (Phi) is 4.12. The van der Waals surface area contributed by atoms with Crippen molar-refractivity contribution in [3.8, 4) is 0 Å². The molecule has 0 aromatic carbocycles.